The Morgan fingerprint density at radius 1 is 0.976 bits per heavy atom. The molecule has 0 heterocycles. The van der Waals surface area contributed by atoms with Crippen LogP contribution in [0.15, 0.2) is 76.1 Å². The lowest BCUT2D eigenvalue weighted by Crippen LogP contribution is -2.52. The van der Waals surface area contributed by atoms with E-state index in [0.717, 1.165) is 4.31 Å². The van der Waals surface area contributed by atoms with Crippen LogP contribution in [0.25, 0.3) is 0 Å². The molecule has 2 amide bonds. The second-order valence-electron chi connectivity index (χ2n) is 9.49. The summed E-state index contributed by atoms with van der Waals surface area (Å²) >= 11 is 15.8. The summed E-state index contributed by atoms with van der Waals surface area (Å²) < 4.78 is 35.0. The predicted molar refractivity (Wildman–Crippen MR) is 166 cm³/mol. The van der Waals surface area contributed by atoms with Crippen molar-refractivity contribution < 1.29 is 22.7 Å². The molecule has 0 fully saturated rings. The molecule has 0 bridgehead atoms. The molecule has 1 atom stereocenters. The van der Waals surface area contributed by atoms with Crippen LogP contribution in [0, 0.1) is 0 Å². The van der Waals surface area contributed by atoms with Gasteiger partial charge in [0, 0.05) is 27.1 Å². The Labute approximate surface area is 259 Å². The zero-order valence-corrected chi connectivity index (χ0v) is 27.0. The molecule has 0 aliphatic carbocycles. The van der Waals surface area contributed by atoms with Gasteiger partial charge in [-0.1, -0.05) is 45.2 Å². The fourth-order valence-electron chi connectivity index (χ4n) is 3.96. The summed E-state index contributed by atoms with van der Waals surface area (Å²) in [4.78, 5) is 28.3. The van der Waals surface area contributed by atoms with Gasteiger partial charge in [-0.15, -0.1) is 0 Å². The maximum Gasteiger partial charge on any atom is 0.264 e. The Hall–Kier alpha value is -2.79. The lowest BCUT2D eigenvalue weighted by Gasteiger charge is -2.32. The fraction of sp³-hybridized carbons (Fsp3) is 0.310. The van der Waals surface area contributed by atoms with Crippen LogP contribution in [0.5, 0.6) is 5.75 Å². The minimum absolute atomic E-state index is 0.000259. The molecule has 3 aromatic rings. The lowest BCUT2D eigenvalue weighted by atomic mass is 10.1. The number of amides is 2. The van der Waals surface area contributed by atoms with Gasteiger partial charge in [0.2, 0.25) is 11.8 Å². The summed E-state index contributed by atoms with van der Waals surface area (Å²) in [6, 6.07) is 16.3. The van der Waals surface area contributed by atoms with Crippen LogP contribution in [0.1, 0.15) is 33.3 Å². The van der Waals surface area contributed by atoms with Crippen LogP contribution in [-0.4, -0.2) is 50.4 Å². The molecule has 3 aromatic carbocycles. The molecule has 0 saturated heterocycles. The first kappa shape index (κ1) is 32.7. The highest BCUT2D eigenvalue weighted by Gasteiger charge is 2.33. The largest absolute Gasteiger partial charge is 0.494 e. The predicted octanol–water partition coefficient (Wildman–Crippen LogP) is 6.29. The zero-order chi connectivity index (χ0) is 30.3. The SMILES string of the molecule is CCOc1ccc(N(CC(=O)N(Cc2ccc(Cl)cc2Cl)[C@H](C)C(=O)NC(C)C)S(=O)(=O)c2ccc(Br)cc2)cc1. The highest BCUT2D eigenvalue weighted by molar-refractivity contribution is 9.10. The van der Waals surface area contributed by atoms with Gasteiger partial charge in [-0.2, -0.15) is 0 Å². The first-order chi connectivity index (χ1) is 19.3. The highest BCUT2D eigenvalue weighted by atomic mass is 79.9. The molecule has 0 radical (unpaired) electrons. The molecular formula is C29H32BrCl2N3O5S. The van der Waals surface area contributed by atoms with E-state index >= 15 is 0 Å². The monoisotopic (exact) mass is 683 g/mol. The van der Waals surface area contributed by atoms with Gasteiger partial charge < -0.3 is 15.0 Å². The number of hydrogen-bond acceptors (Lipinski definition) is 5. The third kappa shape index (κ3) is 8.61. The molecule has 0 saturated carbocycles. The number of sulfonamides is 1. The van der Waals surface area contributed by atoms with Crippen molar-refractivity contribution in [2.45, 2.75) is 51.2 Å². The second-order valence-corrected chi connectivity index (χ2v) is 13.1. The first-order valence-corrected chi connectivity index (χ1v) is 15.9. The van der Waals surface area contributed by atoms with E-state index in [1.165, 1.54) is 17.0 Å². The van der Waals surface area contributed by atoms with Gasteiger partial charge in [-0.05, 0) is 93.9 Å². The van der Waals surface area contributed by atoms with Gasteiger partial charge in [-0.3, -0.25) is 13.9 Å². The highest BCUT2D eigenvalue weighted by Crippen LogP contribution is 2.28. The Balaban J connectivity index is 2.05. The molecule has 0 spiro atoms. The molecule has 0 aliphatic heterocycles. The summed E-state index contributed by atoms with van der Waals surface area (Å²) in [5.74, 6) is -0.430. The van der Waals surface area contributed by atoms with E-state index in [2.05, 4.69) is 21.2 Å². The van der Waals surface area contributed by atoms with E-state index in [1.54, 1.807) is 61.5 Å². The average Bonchev–Trinajstić information content (AvgIpc) is 2.91. The van der Waals surface area contributed by atoms with Gasteiger partial charge >= 0.3 is 0 Å². The molecular weight excluding hydrogens is 653 g/mol. The van der Waals surface area contributed by atoms with Crippen molar-refractivity contribution in [3.05, 3.63) is 86.8 Å². The fourth-order valence-corrected chi connectivity index (χ4v) is 6.11. The normalized spacial score (nSPS) is 12.1. The molecule has 220 valence electrons. The molecule has 41 heavy (non-hydrogen) atoms. The molecule has 0 aromatic heterocycles. The number of anilines is 1. The smallest absolute Gasteiger partial charge is 0.264 e. The summed E-state index contributed by atoms with van der Waals surface area (Å²) in [6.07, 6.45) is 0. The lowest BCUT2D eigenvalue weighted by molar-refractivity contribution is -0.139. The molecule has 0 aliphatic rings. The van der Waals surface area contributed by atoms with Crippen molar-refractivity contribution in [3.63, 3.8) is 0 Å². The summed E-state index contributed by atoms with van der Waals surface area (Å²) in [5.41, 5.74) is 0.811. The Morgan fingerprint density at radius 2 is 1.61 bits per heavy atom. The van der Waals surface area contributed by atoms with E-state index in [0.29, 0.717) is 32.4 Å². The maximum absolute atomic E-state index is 14.0. The number of halogens is 3. The van der Waals surface area contributed by atoms with Crippen molar-refractivity contribution in [2.24, 2.45) is 0 Å². The quantitative estimate of drug-likeness (QED) is 0.242. The second kappa shape index (κ2) is 14.4. The zero-order valence-electron chi connectivity index (χ0n) is 23.1. The molecule has 8 nitrogen and oxygen atoms in total. The van der Waals surface area contributed by atoms with Crippen molar-refractivity contribution in [3.8, 4) is 5.75 Å². The van der Waals surface area contributed by atoms with Crippen LogP contribution in [-0.2, 0) is 26.2 Å². The van der Waals surface area contributed by atoms with Gasteiger partial charge in [-0.25, -0.2) is 8.42 Å². The third-order valence-corrected chi connectivity index (χ3v) is 8.97. The summed E-state index contributed by atoms with van der Waals surface area (Å²) in [5, 5.41) is 3.55. The Bertz CT molecular complexity index is 1470. The van der Waals surface area contributed by atoms with Crippen molar-refractivity contribution in [1.29, 1.82) is 0 Å². The van der Waals surface area contributed by atoms with Crippen molar-refractivity contribution >= 4 is 66.7 Å². The van der Waals surface area contributed by atoms with Crippen LogP contribution in [0.3, 0.4) is 0 Å². The molecule has 12 heteroatoms. The van der Waals surface area contributed by atoms with Crippen LogP contribution in [0.2, 0.25) is 10.0 Å². The topological polar surface area (TPSA) is 96.0 Å². The van der Waals surface area contributed by atoms with Gasteiger partial charge in [0.1, 0.15) is 18.3 Å². The van der Waals surface area contributed by atoms with Crippen LogP contribution >= 0.6 is 39.1 Å². The standard InChI is InChI=1S/C29H32BrCl2N3O5S/c1-5-40-25-12-10-24(11-13-25)35(41(38,39)26-14-7-22(30)8-15-26)18-28(36)34(20(4)29(37)33-19(2)3)17-21-6-9-23(31)16-27(21)32/h6-16,19-20H,5,17-18H2,1-4H3,(H,33,37)/t20-/m1/s1. The average molecular weight is 685 g/mol. The first-order valence-electron chi connectivity index (χ1n) is 12.9. The number of nitrogens with one attached hydrogen (secondary N) is 1. The van der Waals surface area contributed by atoms with Gasteiger partial charge in [0.15, 0.2) is 0 Å². The Kier molecular flexibility index (Phi) is 11.5. The van der Waals surface area contributed by atoms with E-state index < -0.39 is 28.5 Å². The van der Waals surface area contributed by atoms with Gasteiger partial charge in [0.25, 0.3) is 10.0 Å². The van der Waals surface area contributed by atoms with E-state index in [-0.39, 0.29) is 29.1 Å². The van der Waals surface area contributed by atoms with E-state index in [1.807, 2.05) is 20.8 Å². The van der Waals surface area contributed by atoms with Crippen LogP contribution < -0.4 is 14.4 Å². The third-order valence-electron chi connectivity index (χ3n) is 6.07. The number of rotatable bonds is 12. The molecule has 3 rings (SSSR count). The number of hydrogen-bond donors (Lipinski definition) is 1. The number of carbonyl (C=O) groups is 2. The maximum atomic E-state index is 14.0. The van der Waals surface area contributed by atoms with Crippen molar-refractivity contribution in [1.82, 2.24) is 10.2 Å². The summed E-state index contributed by atoms with van der Waals surface area (Å²) in [6.45, 7) is 6.88. The molecule has 1 N–H and O–H groups in total. The number of nitrogens with zero attached hydrogens (tertiary/aromatic N) is 2. The summed E-state index contributed by atoms with van der Waals surface area (Å²) in [7, 11) is -4.20. The minimum Gasteiger partial charge on any atom is -0.494 e. The number of ether oxygens (including phenoxy) is 1. The van der Waals surface area contributed by atoms with E-state index in [4.69, 9.17) is 27.9 Å². The van der Waals surface area contributed by atoms with Crippen molar-refractivity contribution in [2.75, 3.05) is 17.5 Å². The number of carbonyl (C=O) groups excluding carboxylic acids is 2. The van der Waals surface area contributed by atoms with E-state index in [9.17, 15) is 18.0 Å². The van der Waals surface area contributed by atoms with Crippen LogP contribution in [0.4, 0.5) is 5.69 Å². The number of benzene rings is 3. The minimum atomic E-state index is -4.20. The Morgan fingerprint density at radius 3 is 2.17 bits per heavy atom. The molecule has 0 unspecified atom stereocenters. The van der Waals surface area contributed by atoms with Gasteiger partial charge in [0.05, 0.1) is 17.2 Å².